The number of aliphatic hydroxyl groups excluding tert-OH is 1. The summed E-state index contributed by atoms with van der Waals surface area (Å²) in [5.41, 5.74) is 1.84. The third kappa shape index (κ3) is 4.30. The first-order chi connectivity index (χ1) is 11.1. The summed E-state index contributed by atoms with van der Waals surface area (Å²) in [5.74, 6) is -0.275. The molecule has 2 rings (SSSR count). The molecule has 0 saturated carbocycles. The van der Waals surface area contributed by atoms with Crippen molar-refractivity contribution in [2.24, 2.45) is 0 Å². The van der Waals surface area contributed by atoms with Crippen molar-refractivity contribution < 1.29 is 9.90 Å². The predicted molar refractivity (Wildman–Crippen MR) is 89.0 cm³/mol. The number of halogens is 1. The highest BCUT2D eigenvalue weighted by Crippen LogP contribution is 2.18. The molecule has 6 nitrogen and oxygen atoms in total. The van der Waals surface area contributed by atoms with Crippen LogP contribution in [0.4, 0.5) is 0 Å². The van der Waals surface area contributed by atoms with E-state index in [0.717, 1.165) is 17.8 Å². The van der Waals surface area contributed by atoms with Crippen molar-refractivity contribution in [3.63, 3.8) is 0 Å². The van der Waals surface area contributed by atoms with Gasteiger partial charge in [0, 0.05) is 17.7 Å². The third-order valence-corrected chi connectivity index (χ3v) is 3.69. The van der Waals surface area contributed by atoms with Crippen molar-refractivity contribution in [2.45, 2.75) is 39.2 Å². The van der Waals surface area contributed by atoms with Gasteiger partial charge in [-0.05, 0) is 38.0 Å². The number of nitrogens with one attached hydrogen (secondary N) is 1. The Kier molecular flexibility index (Phi) is 6.12. The van der Waals surface area contributed by atoms with Crippen LogP contribution in [0.1, 0.15) is 42.9 Å². The van der Waals surface area contributed by atoms with Crippen LogP contribution in [0.3, 0.4) is 0 Å². The van der Waals surface area contributed by atoms with Crippen molar-refractivity contribution in [2.75, 3.05) is 6.61 Å². The van der Waals surface area contributed by atoms with Gasteiger partial charge < -0.3 is 10.4 Å². The molecule has 1 atom stereocenters. The number of hydrogen-bond donors (Lipinski definition) is 2. The Morgan fingerprint density at radius 1 is 1.48 bits per heavy atom. The van der Waals surface area contributed by atoms with Gasteiger partial charge in [-0.3, -0.25) is 4.79 Å². The number of amides is 1. The van der Waals surface area contributed by atoms with Crippen LogP contribution in [0.2, 0.25) is 5.02 Å². The van der Waals surface area contributed by atoms with Gasteiger partial charge in [0.25, 0.3) is 5.91 Å². The van der Waals surface area contributed by atoms with Gasteiger partial charge in [-0.1, -0.05) is 36.2 Å². The zero-order valence-electron chi connectivity index (χ0n) is 13.3. The molecule has 1 amide bonds. The van der Waals surface area contributed by atoms with Crippen LogP contribution in [-0.4, -0.2) is 38.7 Å². The van der Waals surface area contributed by atoms with E-state index in [0.29, 0.717) is 23.6 Å². The van der Waals surface area contributed by atoms with E-state index in [1.54, 1.807) is 16.8 Å². The van der Waals surface area contributed by atoms with Crippen LogP contribution in [0.15, 0.2) is 24.3 Å². The van der Waals surface area contributed by atoms with Crippen LogP contribution < -0.4 is 5.32 Å². The molecule has 1 heterocycles. The molecule has 2 aromatic rings. The Balaban J connectivity index is 2.33. The molecule has 0 bridgehead atoms. The van der Waals surface area contributed by atoms with Gasteiger partial charge in [-0.15, -0.1) is 5.10 Å². The van der Waals surface area contributed by atoms with Gasteiger partial charge in [-0.2, -0.15) is 0 Å². The Labute approximate surface area is 140 Å². The van der Waals surface area contributed by atoms with Gasteiger partial charge in [0.1, 0.15) is 0 Å². The van der Waals surface area contributed by atoms with Crippen LogP contribution in [-0.2, 0) is 6.42 Å². The van der Waals surface area contributed by atoms with Crippen LogP contribution in [0.25, 0.3) is 5.69 Å². The van der Waals surface area contributed by atoms with Crippen molar-refractivity contribution in [3.8, 4) is 5.69 Å². The zero-order chi connectivity index (χ0) is 16.8. The second kappa shape index (κ2) is 8.08. The van der Waals surface area contributed by atoms with E-state index >= 15 is 0 Å². The van der Waals surface area contributed by atoms with Gasteiger partial charge in [0.05, 0.1) is 11.4 Å². The molecule has 0 aliphatic heterocycles. The highest BCUT2D eigenvalue weighted by atomic mass is 35.5. The number of carbonyl (C=O) groups excluding carboxylic acids is 1. The fourth-order valence-corrected chi connectivity index (χ4v) is 2.50. The summed E-state index contributed by atoms with van der Waals surface area (Å²) in [6.07, 6.45) is 2.04. The molecule has 0 unspecified atom stereocenters. The van der Waals surface area contributed by atoms with Gasteiger partial charge in [0.15, 0.2) is 5.69 Å². The number of rotatable bonds is 7. The van der Waals surface area contributed by atoms with Gasteiger partial charge in [-0.25, -0.2) is 4.68 Å². The lowest BCUT2D eigenvalue weighted by Gasteiger charge is -2.12. The van der Waals surface area contributed by atoms with Crippen LogP contribution >= 0.6 is 11.6 Å². The summed E-state index contributed by atoms with van der Waals surface area (Å²) in [7, 11) is 0. The molecule has 7 heteroatoms. The number of carbonyl (C=O) groups is 1. The third-order valence-electron chi connectivity index (χ3n) is 3.46. The number of benzene rings is 1. The molecule has 124 valence electrons. The molecular formula is C16H21ClN4O2. The molecule has 0 aliphatic carbocycles. The van der Waals surface area contributed by atoms with E-state index < -0.39 is 0 Å². The van der Waals surface area contributed by atoms with E-state index in [9.17, 15) is 4.79 Å². The first-order valence-electron chi connectivity index (χ1n) is 7.69. The summed E-state index contributed by atoms with van der Waals surface area (Å²) >= 11 is 6.03. The molecule has 1 aromatic carbocycles. The number of aromatic nitrogens is 3. The maximum Gasteiger partial charge on any atom is 0.273 e. The molecule has 1 aromatic heterocycles. The molecule has 0 fully saturated rings. The highest BCUT2D eigenvalue weighted by molar-refractivity contribution is 6.30. The standard InChI is InChI=1S/C16H21ClN4O2/c1-3-5-14-15(16(23)18-11(2)8-9-22)19-20-21(14)13-7-4-6-12(17)10-13/h4,6-7,10-11,22H,3,5,8-9H2,1-2H3,(H,18,23)/t11-/m1/s1. The molecule has 0 spiro atoms. The molecule has 2 N–H and O–H groups in total. The van der Waals surface area contributed by atoms with Crippen molar-refractivity contribution in [1.29, 1.82) is 0 Å². The summed E-state index contributed by atoms with van der Waals surface area (Å²) in [6, 6.07) is 7.14. The molecule has 0 aliphatic rings. The minimum Gasteiger partial charge on any atom is -0.396 e. The lowest BCUT2D eigenvalue weighted by molar-refractivity contribution is 0.0928. The SMILES string of the molecule is CCCc1c(C(=O)N[C@H](C)CCO)nnn1-c1cccc(Cl)c1. The summed E-state index contributed by atoms with van der Waals surface area (Å²) in [4.78, 5) is 12.4. The monoisotopic (exact) mass is 336 g/mol. The number of nitrogens with zero attached hydrogens (tertiary/aromatic N) is 3. The smallest absolute Gasteiger partial charge is 0.273 e. The van der Waals surface area contributed by atoms with E-state index in [1.807, 2.05) is 26.0 Å². The normalized spacial score (nSPS) is 12.2. The van der Waals surface area contributed by atoms with Gasteiger partial charge in [0.2, 0.25) is 0 Å². The number of aliphatic hydroxyl groups is 1. The summed E-state index contributed by atoms with van der Waals surface area (Å²) in [6.45, 7) is 3.90. The van der Waals surface area contributed by atoms with E-state index in [4.69, 9.17) is 16.7 Å². The number of hydrogen-bond acceptors (Lipinski definition) is 4. The average Bonchev–Trinajstić information content (AvgIpc) is 2.91. The molecule has 0 saturated heterocycles. The maximum absolute atomic E-state index is 12.4. The minimum atomic E-state index is -0.275. The molecule has 0 radical (unpaired) electrons. The first kappa shape index (κ1) is 17.4. The lowest BCUT2D eigenvalue weighted by Crippen LogP contribution is -2.34. The Bertz CT molecular complexity index is 672. The van der Waals surface area contributed by atoms with Crippen molar-refractivity contribution in [1.82, 2.24) is 20.3 Å². The van der Waals surface area contributed by atoms with Crippen molar-refractivity contribution >= 4 is 17.5 Å². The zero-order valence-corrected chi connectivity index (χ0v) is 14.0. The van der Waals surface area contributed by atoms with Gasteiger partial charge >= 0.3 is 0 Å². The average molecular weight is 337 g/mol. The molecular weight excluding hydrogens is 316 g/mol. The Morgan fingerprint density at radius 3 is 2.91 bits per heavy atom. The second-order valence-electron chi connectivity index (χ2n) is 5.41. The summed E-state index contributed by atoms with van der Waals surface area (Å²) < 4.78 is 1.65. The van der Waals surface area contributed by atoms with Crippen LogP contribution in [0.5, 0.6) is 0 Å². The largest absolute Gasteiger partial charge is 0.396 e. The lowest BCUT2D eigenvalue weighted by atomic mass is 10.1. The van der Waals surface area contributed by atoms with E-state index in [-0.39, 0.29) is 18.6 Å². The summed E-state index contributed by atoms with van der Waals surface area (Å²) in [5, 5.41) is 20.5. The minimum absolute atomic E-state index is 0.0263. The topological polar surface area (TPSA) is 80.0 Å². The maximum atomic E-state index is 12.4. The molecule has 23 heavy (non-hydrogen) atoms. The van der Waals surface area contributed by atoms with Crippen molar-refractivity contribution in [3.05, 3.63) is 40.7 Å². The second-order valence-corrected chi connectivity index (χ2v) is 5.85. The Morgan fingerprint density at radius 2 is 2.26 bits per heavy atom. The highest BCUT2D eigenvalue weighted by Gasteiger charge is 2.21. The quantitative estimate of drug-likeness (QED) is 0.813. The Hall–Kier alpha value is -1.92. The fraction of sp³-hybridized carbons (Fsp3) is 0.438. The van der Waals surface area contributed by atoms with E-state index in [1.165, 1.54) is 0 Å². The van der Waals surface area contributed by atoms with Crippen LogP contribution in [0, 0.1) is 0 Å². The first-order valence-corrected chi connectivity index (χ1v) is 8.06. The fourth-order valence-electron chi connectivity index (χ4n) is 2.31. The predicted octanol–water partition coefficient (Wildman–Crippen LogP) is 2.37. The van der Waals surface area contributed by atoms with E-state index in [2.05, 4.69) is 15.6 Å².